The summed E-state index contributed by atoms with van der Waals surface area (Å²) in [7, 11) is 0. The van der Waals surface area contributed by atoms with Crippen LogP contribution in [0.4, 0.5) is 5.95 Å². The van der Waals surface area contributed by atoms with Gasteiger partial charge in [0.15, 0.2) is 0 Å². The summed E-state index contributed by atoms with van der Waals surface area (Å²) in [5.41, 5.74) is 1.02. The summed E-state index contributed by atoms with van der Waals surface area (Å²) in [5, 5.41) is 23.3. The number of aliphatic hydroxyl groups is 2. The molecule has 2 aliphatic rings. The van der Waals surface area contributed by atoms with Crippen molar-refractivity contribution in [3.8, 4) is 11.3 Å². The maximum atomic E-state index is 11.1. The molecule has 0 bridgehead atoms. The Morgan fingerprint density at radius 2 is 1.89 bits per heavy atom. The van der Waals surface area contributed by atoms with E-state index in [1.807, 2.05) is 28.0 Å². The molecule has 2 N–H and O–H groups in total. The van der Waals surface area contributed by atoms with Gasteiger partial charge >= 0.3 is 0 Å². The van der Waals surface area contributed by atoms with Gasteiger partial charge in [0.1, 0.15) is 5.72 Å². The maximum absolute atomic E-state index is 11.1. The number of β-amino-alcohol motifs (C(OH)–C–C–N with tert-alkyl or cyclic N) is 2. The van der Waals surface area contributed by atoms with E-state index in [4.69, 9.17) is 4.98 Å². The molecule has 28 heavy (non-hydrogen) atoms. The van der Waals surface area contributed by atoms with Crippen molar-refractivity contribution in [2.45, 2.75) is 24.7 Å². The molecule has 0 saturated carbocycles. The van der Waals surface area contributed by atoms with Gasteiger partial charge in [-0.3, -0.25) is 4.90 Å². The first kappa shape index (κ1) is 17.6. The molecule has 144 valence electrons. The molecule has 2 fully saturated rings. The van der Waals surface area contributed by atoms with Gasteiger partial charge in [-0.2, -0.15) is 0 Å². The standard InChI is InChI=1S/C22H24N4O2/c27-19-8-11-26(14-19)22(28)9-12-25(15-22)21-23-10-7-20(24-21)18-6-5-16-3-1-2-4-17(16)13-18/h1-7,10,13,19,27-28H,8-9,11-12,14-15H2/t19-,22+/m0/s1. The van der Waals surface area contributed by atoms with E-state index in [0.717, 1.165) is 24.2 Å². The lowest BCUT2D eigenvalue weighted by Crippen LogP contribution is -2.50. The van der Waals surface area contributed by atoms with Crippen LogP contribution in [0.1, 0.15) is 12.8 Å². The lowest BCUT2D eigenvalue weighted by Gasteiger charge is -2.33. The third-order valence-electron chi connectivity index (χ3n) is 5.95. The van der Waals surface area contributed by atoms with Crippen LogP contribution in [0.3, 0.4) is 0 Å². The lowest BCUT2D eigenvalue weighted by molar-refractivity contribution is -0.0826. The fourth-order valence-electron chi connectivity index (χ4n) is 4.34. The van der Waals surface area contributed by atoms with Gasteiger partial charge in [-0.05, 0) is 29.3 Å². The highest BCUT2D eigenvalue weighted by atomic mass is 16.3. The number of anilines is 1. The highest BCUT2D eigenvalue weighted by Crippen LogP contribution is 2.31. The van der Waals surface area contributed by atoms with Crippen molar-refractivity contribution < 1.29 is 10.2 Å². The van der Waals surface area contributed by atoms with E-state index in [2.05, 4.69) is 35.3 Å². The Morgan fingerprint density at radius 3 is 2.71 bits per heavy atom. The van der Waals surface area contributed by atoms with Crippen LogP contribution >= 0.6 is 0 Å². The Hall–Kier alpha value is -2.54. The van der Waals surface area contributed by atoms with Crippen molar-refractivity contribution in [2.75, 3.05) is 31.1 Å². The number of hydrogen-bond donors (Lipinski definition) is 2. The smallest absolute Gasteiger partial charge is 0.226 e. The highest BCUT2D eigenvalue weighted by molar-refractivity contribution is 5.86. The lowest BCUT2D eigenvalue weighted by atomic mass is 10.1. The molecule has 0 unspecified atom stereocenters. The number of benzene rings is 2. The van der Waals surface area contributed by atoms with E-state index in [9.17, 15) is 10.2 Å². The zero-order valence-corrected chi connectivity index (χ0v) is 15.7. The molecule has 2 saturated heterocycles. The summed E-state index contributed by atoms with van der Waals surface area (Å²) in [6.07, 6.45) is 2.79. The third-order valence-corrected chi connectivity index (χ3v) is 5.95. The molecular formula is C22H24N4O2. The van der Waals surface area contributed by atoms with Crippen molar-refractivity contribution >= 4 is 16.7 Å². The first-order valence-electron chi connectivity index (χ1n) is 9.83. The zero-order valence-electron chi connectivity index (χ0n) is 15.7. The Kier molecular flexibility index (Phi) is 4.27. The minimum absolute atomic E-state index is 0.342. The number of aromatic nitrogens is 2. The number of nitrogens with zero attached hydrogens (tertiary/aromatic N) is 4. The van der Waals surface area contributed by atoms with E-state index in [-0.39, 0.29) is 6.10 Å². The SMILES string of the molecule is O[C@H]1CCN([C@@]2(O)CCN(c3nccc(-c4ccc5ccccc5c4)n3)C2)C1. The van der Waals surface area contributed by atoms with Crippen molar-refractivity contribution in [3.05, 3.63) is 54.7 Å². The van der Waals surface area contributed by atoms with Crippen LogP contribution in [0.2, 0.25) is 0 Å². The number of hydrogen-bond acceptors (Lipinski definition) is 6. The molecule has 6 nitrogen and oxygen atoms in total. The van der Waals surface area contributed by atoms with Gasteiger partial charge in [0.2, 0.25) is 5.95 Å². The van der Waals surface area contributed by atoms with Crippen molar-refractivity contribution in [1.82, 2.24) is 14.9 Å². The molecular weight excluding hydrogens is 352 g/mol. The van der Waals surface area contributed by atoms with Crippen molar-refractivity contribution in [1.29, 1.82) is 0 Å². The van der Waals surface area contributed by atoms with E-state index >= 15 is 0 Å². The van der Waals surface area contributed by atoms with Gasteiger partial charge in [0.25, 0.3) is 0 Å². The molecule has 3 heterocycles. The summed E-state index contributed by atoms with van der Waals surface area (Å²) in [6, 6.07) is 16.5. The molecule has 0 aliphatic carbocycles. The largest absolute Gasteiger partial charge is 0.392 e. The van der Waals surface area contributed by atoms with Crippen LogP contribution < -0.4 is 4.90 Å². The highest BCUT2D eigenvalue weighted by Gasteiger charge is 2.44. The topological polar surface area (TPSA) is 72.7 Å². The van der Waals surface area contributed by atoms with E-state index in [1.165, 1.54) is 10.8 Å². The summed E-state index contributed by atoms with van der Waals surface area (Å²) in [4.78, 5) is 13.3. The first-order valence-corrected chi connectivity index (χ1v) is 9.83. The molecule has 2 aromatic carbocycles. The monoisotopic (exact) mass is 376 g/mol. The second-order valence-corrected chi connectivity index (χ2v) is 7.85. The van der Waals surface area contributed by atoms with E-state index in [0.29, 0.717) is 32.0 Å². The summed E-state index contributed by atoms with van der Waals surface area (Å²) >= 11 is 0. The van der Waals surface area contributed by atoms with Crippen LogP contribution in [0.25, 0.3) is 22.0 Å². The Bertz CT molecular complexity index is 1010. The van der Waals surface area contributed by atoms with Gasteiger partial charge in [-0.15, -0.1) is 0 Å². The number of likely N-dealkylation sites (tertiary alicyclic amines) is 1. The van der Waals surface area contributed by atoms with Crippen LogP contribution in [0.15, 0.2) is 54.7 Å². The fraction of sp³-hybridized carbons (Fsp3) is 0.364. The van der Waals surface area contributed by atoms with Crippen LogP contribution in [-0.4, -0.2) is 63.1 Å². The molecule has 0 amide bonds. The molecule has 0 radical (unpaired) electrons. The van der Waals surface area contributed by atoms with Crippen molar-refractivity contribution in [2.24, 2.45) is 0 Å². The minimum atomic E-state index is -0.917. The van der Waals surface area contributed by atoms with Gasteiger partial charge in [0.05, 0.1) is 18.3 Å². The molecule has 2 atom stereocenters. The van der Waals surface area contributed by atoms with Crippen molar-refractivity contribution in [3.63, 3.8) is 0 Å². The zero-order chi connectivity index (χ0) is 19.1. The predicted octanol–water partition coefficient (Wildman–Crippen LogP) is 2.26. The minimum Gasteiger partial charge on any atom is -0.392 e. The number of rotatable bonds is 3. The van der Waals surface area contributed by atoms with Gasteiger partial charge in [-0.25, -0.2) is 9.97 Å². The van der Waals surface area contributed by atoms with E-state index in [1.54, 1.807) is 6.20 Å². The fourth-order valence-corrected chi connectivity index (χ4v) is 4.34. The summed E-state index contributed by atoms with van der Waals surface area (Å²) in [6.45, 7) is 2.41. The number of aliphatic hydroxyl groups excluding tert-OH is 1. The van der Waals surface area contributed by atoms with Gasteiger partial charge in [-0.1, -0.05) is 36.4 Å². The second kappa shape index (κ2) is 6.81. The average Bonchev–Trinajstić information content (AvgIpc) is 3.35. The van der Waals surface area contributed by atoms with Gasteiger partial charge < -0.3 is 15.1 Å². The second-order valence-electron chi connectivity index (χ2n) is 7.85. The molecule has 1 aromatic heterocycles. The molecule has 3 aromatic rings. The van der Waals surface area contributed by atoms with Crippen LogP contribution in [0.5, 0.6) is 0 Å². The van der Waals surface area contributed by atoms with Gasteiger partial charge in [0, 0.05) is 37.8 Å². The maximum Gasteiger partial charge on any atom is 0.226 e. The summed E-state index contributed by atoms with van der Waals surface area (Å²) in [5.74, 6) is 0.640. The molecule has 0 spiro atoms. The normalized spacial score (nSPS) is 25.6. The van der Waals surface area contributed by atoms with Crippen LogP contribution in [0, 0.1) is 0 Å². The Morgan fingerprint density at radius 1 is 1.04 bits per heavy atom. The van der Waals surface area contributed by atoms with E-state index < -0.39 is 5.72 Å². The van der Waals surface area contributed by atoms with Crippen LogP contribution in [-0.2, 0) is 0 Å². The quantitative estimate of drug-likeness (QED) is 0.731. The Balaban J connectivity index is 1.40. The molecule has 2 aliphatic heterocycles. The Labute approximate surface area is 164 Å². The molecule has 5 rings (SSSR count). The first-order chi connectivity index (χ1) is 13.6. The number of fused-ring (bicyclic) bond motifs is 1. The predicted molar refractivity (Wildman–Crippen MR) is 109 cm³/mol. The molecule has 6 heteroatoms. The summed E-state index contributed by atoms with van der Waals surface area (Å²) < 4.78 is 0. The third kappa shape index (κ3) is 3.13. The average molecular weight is 376 g/mol.